The zero-order valence-corrected chi connectivity index (χ0v) is 10.9. The van der Waals surface area contributed by atoms with Crippen LogP contribution in [0.1, 0.15) is 0 Å². The molecule has 1 aromatic heterocycles. The monoisotopic (exact) mass is 280 g/mol. The van der Waals surface area contributed by atoms with Gasteiger partial charge in [-0.15, -0.1) is 0 Å². The van der Waals surface area contributed by atoms with E-state index in [4.69, 9.17) is 4.74 Å². The van der Waals surface area contributed by atoms with Gasteiger partial charge in [-0.25, -0.2) is 8.42 Å². The minimum atomic E-state index is -3.79. The van der Waals surface area contributed by atoms with Crippen LogP contribution in [0.15, 0.2) is 47.6 Å². The van der Waals surface area contributed by atoms with Crippen molar-refractivity contribution in [2.24, 2.45) is 0 Å². The van der Waals surface area contributed by atoms with E-state index in [-0.39, 0.29) is 16.3 Å². The van der Waals surface area contributed by atoms with Gasteiger partial charge in [0.1, 0.15) is 16.4 Å². The Morgan fingerprint density at radius 2 is 2.11 bits per heavy atom. The van der Waals surface area contributed by atoms with Gasteiger partial charge in [0.2, 0.25) is 0 Å². The number of aromatic nitrogens is 1. The molecule has 0 atom stereocenters. The predicted molar refractivity (Wildman–Crippen MR) is 69.7 cm³/mol. The molecule has 0 bridgehead atoms. The molecule has 6 nitrogen and oxygen atoms in total. The number of rotatable bonds is 4. The molecule has 1 aromatic carbocycles. The number of ether oxygens (including phenoxy) is 1. The summed E-state index contributed by atoms with van der Waals surface area (Å²) in [6, 6.07) is 7.19. The van der Waals surface area contributed by atoms with Crippen LogP contribution in [0.25, 0.3) is 0 Å². The zero-order chi connectivity index (χ0) is 13.9. The number of phenolic OH excluding ortho intramolecular Hbond substituents is 1. The second kappa shape index (κ2) is 5.15. The number of hydrogen-bond donors (Lipinski definition) is 2. The normalized spacial score (nSPS) is 11.0. The summed E-state index contributed by atoms with van der Waals surface area (Å²) in [5, 5.41) is 9.64. The van der Waals surface area contributed by atoms with Gasteiger partial charge in [0.05, 0.1) is 12.8 Å². The van der Waals surface area contributed by atoms with E-state index in [2.05, 4.69) is 9.71 Å². The summed E-state index contributed by atoms with van der Waals surface area (Å²) in [5.41, 5.74) is 0.0446. The Morgan fingerprint density at radius 3 is 2.74 bits per heavy atom. The lowest BCUT2D eigenvalue weighted by molar-refractivity contribution is 0.413. The molecular weight excluding hydrogens is 268 g/mol. The molecule has 2 aromatic rings. The van der Waals surface area contributed by atoms with Crippen LogP contribution in [0.2, 0.25) is 0 Å². The van der Waals surface area contributed by atoms with E-state index in [1.54, 1.807) is 0 Å². The molecule has 1 heterocycles. The Labute approximate surface area is 110 Å². The summed E-state index contributed by atoms with van der Waals surface area (Å²) in [5.74, 6) is 0.245. The smallest absolute Gasteiger partial charge is 0.263 e. The molecule has 0 unspecified atom stereocenters. The van der Waals surface area contributed by atoms with Crippen molar-refractivity contribution in [1.82, 2.24) is 4.98 Å². The minimum absolute atomic E-state index is 0.0113. The number of pyridine rings is 1. The van der Waals surface area contributed by atoms with E-state index in [1.165, 1.54) is 49.8 Å². The van der Waals surface area contributed by atoms with Crippen LogP contribution in [0, 0.1) is 0 Å². The van der Waals surface area contributed by atoms with E-state index >= 15 is 0 Å². The molecule has 2 N–H and O–H groups in total. The fourth-order valence-corrected chi connectivity index (χ4v) is 2.46. The third kappa shape index (κ3) is 2.94. The Balaban J connectivity index is 2.36. The molecule has 0 amide bonds. The average Bonchev–Trinajstić information content (AvgIpc) is 2.42. The van der Waals surface area contributed by atoms with Crippen molar-refractivity contribution < 1.29 is 18.3 Å². The number of methoxy groups -OCH3 is 1. The number of nitrogens with zero attached hydrogens (tertiary/aromatic N) is 1. The van der Waals surface area contributed by atoms with Crippen molar-refractivity contribution in [2.45, 2.75) is 4.90 Å². The van der Waals surface area contributed by atoms with Gasteiger partial charge >= 0.3 is 0 Å². The van der Waals surface area contributed by atoms with Gasteiger partial charge in [-0.3, -0.25) is 9.71 Å². The second-order valence-electron chi connectivity index (χ2n) is 3.68. The van der Waals surface area contributed by atoms with Gasteiger partial charge in [0.15, 0.2) is 0 Å². The van der Waals surface area contributed by atoms with Crippen LogP contribution in [-0.4, -0.2) is 25.6 Å². The van der Waals surface area contributed by atoms with E-state index in [9.17, 15) is 13.5 Å². The van der Waals surface area contributed by atoms with Gasteiger partial charge in [-0.05, 0) is 24.3 Å². The number of anilines is 1. The minimum Gasteiger partial charge on any atom is -0.506 e. The molecule has 0 aliphatic carbocycles. The highest BCUT2D eigenvalue weighted by Crippen LogP contribution is 2.29. The number of nitrogens with one attached hydrogen (secondary N) is 1. The lowest BCUT2D eigenvalue weighted by atomic mass is 10.3. The molecule has 0 spiro atoms. The first-order chi connectivity index (χ1) is 9.03. The van der Waals surface area contributed by atoms with E-state index < -0.39 is 10.0 Å². The molecule has 0 saturated heterocycles. The standard InChI is InChI=1S/C12H12N2O4S/c1-18-9-4-5-12(15)11(7-9)14-19(16,17)10-3-2-6-13-8-10/h2-8,14-15H,1H3. The molecule has 0 fully saturated rings. The zero-order valence-electron chi connectivity index (χ0n) is 10.1. The molecule has 2 rings (SSSR count). The molecule has 0 aliphatic rings. The lowest BCUT2D eigenvalue weighted by Crippen LogP contribution is -2.13. The van der Waals surface area contributed by atoms with Crippen molar-refractivity contribution in [3.63, 3.8) is 0 Å². The summed E-state index contributed by atoms with van der Waals surface area (Å²) in [7, 11) is -2.34. The number of phenols is 1. The third-order valence-electron chi connectivity index (χ3n) is 2.39. The van der Waals surface area contributed by atoms with Gasteiger partial charge in [-0.1, -0.05) is 0 Å². The molecule has 19 heavy (non-hydrogen) atoms. The van der Waals surface area contributed by atoms with Crippen molar-refractivity contribution in [3.05, 3.63) is 42.7 Å². The molecule has 100 valence electrons. The van der Waals surface area contributed by atoms with Crippen LogP contribution in [-0.2, 0) is 10.0 Å². The highest BCUT2D eigenvalue weighted by atomic mass is 32.2. The molecular formula is C12H12N2O4S. The molecule has 0 saturated carbocycles. The number of hydrogen-bond acceptors (Lipinski definition) is 5. The van der Waals surface area contributed by atoms with Crippen molar-refractivity contribution in [2.75, 3.05) is 11.8 Å². The molecule has 0 radical (unpaired) electrons. The second-order valence-corrected chi connectivity index (χ2v) is 5.36. The SMILES string of the molecule is COc1ccc(O)c(NS(=O)(=O)c2cccnc2)c1. The topological polar surface area (TPSA) is 88.5 Å². The van der Waals surface area contributed by atoms with Crippen molar-refractivity contribution in [3.8, 4) is 11.5 Å². The van der Waals surface area contributed by atoms with E-state index in [0.717, 1.165) is 0 Å². The lowest BCUT2D eigenvalue weighted by Gasteiger charge is -2.10. The average molecular weight is 280 g/mol. The van der Waals surface area contributed by atoms with Gasteiger partial charge in [0.25, 0.3) is 10.0 Å². The first kappa shape index (κ1) is 13.2. The summed E-state index contributed by atoms with van der Waals surface area (Å²) in [6.45, 7) is 0. The first-order valence-electron chi connectivity index (χ1n) is 5.33. The first-order valence-corrected chi connectivity index (χ1v) is 6.81. The quantitative estimate of drug-likeness (QED) is 0.830. The molecule has 0 aliphatic heterocycles. The number of aromatic hydroxyl groups is 1. The maximum absolute atomic E-state index is 12.1. The van der Waals surface area contributed by atoms with Crippen LogP contribution in [0.5, 0.6) is 11.5 Å². The Morgan fingerprint density at radius 1 is 1.32 bits per heavy atom. The van der Waals surface area contributed by atoms with Crippen molar-refractivity contribution in [1.29, 1.82) is 0 Å². The largest absolute Gasteiger partial charge is 0.506 e. The fraction of sp³-hybridized carbons (Fsp3) is 0.0833. The van der Waals surface area contributed by atoms with Gasteiger partial charge < -0.3 is 9.84 Å². The Hall–Kier alpha value is -2.28. The van der Waals surface area contributed by atoms with Crippen molar-refractivity contribution >= 4 is 15.7 Å². The van der Waals surface area contributed by atoms with Crippen LogP contribution in [0.4, 0.5) is 5.69 Å². The van der Waals surface area contributed by atoms with E-state index in [0.29, 0.717) is 5.75 Å². The maximum Gasteiger partial charge on any atom is 0.263 e. The Kier molecular flexibility index (Phi) is 3.57. The van der Waals surface area contributed by atoms with Gasteiger partial charge in [-0.2, -0.15) is 0 Å². The highest BCUT2D eigenvalue weighted by molar-refractivity contribution is 7.92. The fourth-order valence-electron chi connectivity index (χ4n) is 1.43. The summed E-state index contributed by atoms with van der Waals surface area (Å²) >= 11 is 0. The molecule has 7 heteroatoms. The number of sulfonamides is 1. The van der Waals surface area contributed by atoms with Crippen LogP contribution < -0.4 is 9.46 Å². The highest BCUT2D eigenvalue weighted by Gasteiger charge is 2.16. The Bertz CT molecular complexity index is 671. The van der Waals surface area contributed by atoms with Gasteiger partial charge in [0, 0.05) is 18.5 Å². The van der Waals surface area contributed by atoms with E-state index in [1.807, 2.05) is 0 Å². The van der Waals surface area contributed by atoms with Crippen LogP contribution in [0.3, 0.4) is 0 Å². The summed E-state index contributed by atoms with van der Waals surface area (Å²) in [4.78, 5) is 3.75. The predicted octanol–water partition coefficient (Wildman–Crippen LogP) is 1.60. The number of benzene rings is 1. The summed E-state index contributed by atoms with van der Waals surface area (Å²) in [6.07, 6.45) is 2.70. The van der Waals surface area contributed by atoms with Crippen LogP contribution >= 0.6 is 0 Å². The maximum atomic E-state index is 12.1. The summed E-state index contributed by atoms with van der Waals surface area (Å²) < 4.78 is 31.4. The third-order valence-corrected chi connectivity index (χ3v) is 3.74.